The van der Waals surface area contributed by atoms with E-state index in [1.54, 1.807) is 24.3 Å². The van der Waals surface area contributed by atoms with Crippen LogP contribution in [0.15, 0.2) is 52.4 Å². The molecule has 0 saturated heterocycles. The van der Waals surface area contributed by atoms with Crippen LogP contribution in [0.1, 0.15) is 25.7 Å². The minimum Gasteiger partial charge on any atom is -0.298 e. The second-order valence-electron chi connectivity index (χ2n) is 6.47. The Morgan fingerprint density at radius 2 is 1.89 bits per heavy atom. The number of rotatable bonds is 3. The highest BCUT2D eigenvalue weighted by atomic mass is 32.2. The average molecular weight is 386 g/mol. The molecule has 0 spiro atoms. The molecule has 4 nitrogen and oxygen atoms in total. The summed E-state index contributed by atoms with van der Waals surface area (Å²) in [7, 11) is 0. The number of thioether (sulfide) groups is 1. The van der Waals surface area contributed by atoms with Crippen LogP contribution in [-0.4, -0.2) is 20.6 Å². The summed E-state index contributed by atoms with van der Waals surface area (Å²) < 4.78 is 28.9. The van der Waals surface area contributed by atoms with E-state index in [2.05, 4.69) is 4.98 Å². The number of para-hydroxylation sites is 1. The van der Waals surface area contributed by atoms with E-state index in [4.69, 9.17) is 0 Å². The van der Waals surface area contributed by atoms with E-state index < -0.39 is 17.2 Å². The molecule has 0 bridgehead atoms. The second kappa shape index (κ2) is 7.23. The Hall–Kier alpha value is -2.54. The highest BCUT2D eigenvalue weighted by molar-refractivity contribution is 8.00. The zero-order chi connectivity index (χ0) is 19.0. The molecule has 0 radical (unpaired) electrons. The van der Waals surface area contributed by atoms with Gasteiger partial charge in [-0.15, -0.1) is 0 Å². The highest BCUT2D eigenvalue weighted by Crippen LogP contribution is 2.32. The number of benzene rings is 2. The number of ketones is 1. The Bertz CT molecular complexity index is 1100. The molecular formula is C20H16F2N2O2S. The summed E-state index contributed by atoms with van der Waals surface area (Å²) in [5.41, 5.74) is -0.0469. The fourth-order valence-electron chi connectivity index (χ4n) is 3.27. The molecule has 1 heterocycles. The Labute approximate surface area is 158 Å². The van der Waals surface area contributed by atoms with E-state index in [-0.39, 0.29) is 21.9 Å². The molecule has 1 saturated carbocycles. The van der Waals surface area contributed by atoms with Crippen LogP contribution in [0.2, 0.25) is 0 Å². The summed E-state index contributed by atoms with van der Waals surface area (Å²) in [6.45, 7) is 0. The van der Waals surface area contributed by atoms with Gasteiger partial charge in [-0.3, -0.25) is 14.2 Å². The lowest BCUT2D eigenvalue weighted by molar-refractivity contribution is -0.119. The number of halogens is 2. The van der Waals surface area contributed by atoms with Crippen molar-refractivity contribution in [2.45, 2.75) is 36.1 Å². The zero-order valence-corrected chi connectivity index (χ0v) is 15.1. The smallest absolute Gasteiger partial charge is 0.266 e. The molecule has 27 heavy (non-hydrogen) atoms. The van der Waals surface area contributed by atoms with Gasteiger partial charge in [0.15, 0.2) is 5.16 Å². The third kappa shape index (κ3) is 3.39. The van der Waals surface area contributed by atoms with Gasteiger partial charge in [0, 0.05) is 12.5 Å². The molecule has 1 aliphatic carbocycles. The maximum absolute atomic E-state index is 14.4. The van der Waals surface area contributed by atoms with Crippen molar-refractivity contribution in [2.24, 2.45) is 0 Å². The van der Waals surface area contributed by atoms with Crippen LogP contribution in [0, 0.1) is 11.6 Å². The monoisotopic (exact) mass is 386 g/mol. The topological polar surface area (TPSA) is 52.0 Å². The SMILES string of the molecule is O=C1CCCCC1Sc1nc2ccccc2c(=O)n1-c1ccc(F)cc1F. The van der Waals surface area contributed by atoms with Gasteiger partial charge in [0.05, 0.1) is 21.8 Å². The summed E-state index contributed by atoms with van der Waals surface area (Å²) in [5.74, 6) is -1.47. The predicted octanol–water partition coefficient (Wildman–Crippen LogP) is 4.27. The first-order valence-corrected chi connectivity index (χ1v) is 9.59. The van der Waals surface area contributed by atoms with Crippen molar-refractivity contribution in [1.82, 2.24) is 9.55 Å². The number of aromatic nitrogens is 2. The summed E-state index contributed by atoms with van der Waals surface area (Å²) in [5, 5.41) is 0.256. The standard InChI is InChI=1S/C20H16F2N2O2S/c21-12-9-10-16(14(22)11-12)24-19(26)13-5-1-2-6-15(13)23-20(24)27-18-8-4-3-7-17(18)25/h1-2,5-6,9-11,18H,3-4,7-8H2. The number of Topliss-reactive ketones (excluding diaryl/α,β-unsaturated/α-hetero) is 1. The van der Waals surface area contributed by atoms with Crippen molar-refractivity contribution in [2.75, 3.05) is 0 Å². The van der Waals surface area contributed by atoms with E-state index in [0.29, 0.717) is 23.7 Å². The van der Waals surface area contributed by atoms with Gasteiger partial charge < -0.3 is 0 Å². The van der Waals surface area contributed by atoms with Gasteiger partial charge in [-0.25, -0.2) is 13.8 Å². The normalized spacial score (nSPS) is 17.4. The van der Waals surface area contributed by atoms with Crippen LogP contribution in [0.5, 0.6) is 0 Å². The number of hydrogen-bond donors (Lipinski definition) is 0. The number of nitrogens with zero attached hydrogens (tertiary/aromatic N) is 2. The number of fused-ring (bicyclic) bond motifs is 1. The largest absolute Gasteiger partial charge is 0.298 e. The first-order chi connectivity index (χ1) is 13.0. The van der Waals surface area contributed by atoms with E-state index in [1.165, 1.54) is 17.8 Å². The summed E-state index contributed by atoms with van der Waals surface area (Å²) in [6.07, 6.45) is 2.98. The molecule has 0 aliphatic heterocycles. The lowest BCUT2D eigenvalue weighted by atomic mass is 9.99. The molecule has 1 unspecified atom stereocenters. The van der Waals surface area contributed by atoms with E-state index in [0.717, 1.165) is 29.5 Å². The molecular weight excluding hydrogens is 370 g/mol. The van der Waals surface area contributed by atoms with Gasteiger partial charge in [0.2, 0.25) is 0 Å². The highest BCUT2D eigenvalue weighted by Gasteiger charge is 2.26. The number of carbonyl (C=O) groups is 1. The van der Waals surface area contributed by atoms with Crippen LogP contribution in [-0.2, 0) is 4.79 Å². The molecule has 1 atom stereocenters. The van der Waals surface area contributed by atoms with Gasteiger partial charge in [-0.05, 0) is 37.1 Å². The maximum Gasteiger partial charge on any atom is 0.266 e. The van der Waals surface area contributed by atoms with Crippen LogP contribution in [0.25, 0.3) is 16.6 Å². The summed E-state index contributed by atoms with van der Waals surface area (Å²) in [4.78, 5) is 29.8. The molecule has 138 valence electrons. The van der Waals surface area contributed by atoms with Gasteiger partial charge in [-0.1, -0.05) is 30.3 Å². The Morgan fingerprint density at radius 1 is 1.07 bits per heavy atom. The molecule has 7 heteroatoms. The van der Waals surface area contributed by atoms with E-state index >= 15 is 0 Å². The van der Waals surface area contributed by atoms with Gasteiger partial charge >= 0.3 is 0 Å². The Kier molecular flexibility index (Phi) is 4.78. The molecule has 1 fully saturated rings. The number of hydrogen-bond acceptors (Lipinski definition) is 4. The van der Waals surface area contributed by atoms with Crippen LogP contribution in [0.3, 0.4) is 0 Å². The predicted molar refractivity (Wildman–Crippen MR) is 100 cm³/mol. The maximum atomic E-state index is 14.4. The molecule has 0 N–H and O–H groups in total. The van der Waals surface area contributed by atoms with Crippen molar-refractivity contribution in [3.8, 4) is 5.69 Å². The Balaban J connectivity index is 1.93. The van der Waals surface area contributed by atoms with Crippen LogP contribution < -0.4 is 5.56 Å². The lowest BCUT2D eigenvalue weighted by Crippen LogP contribution is -2.26. The average Bonchev–Trinajstić information content (AvgIpc) is 2.65. The van der Waals surface area contributed by atoms with Gasteiger partial charge in [0.25, 0.3) is 5.56 Å². The summed E-state index contributed by atoms with van der Waals surface area (Å²) in [6, 6.07) is 9.83. The third-order valence-electron chi connectivity index (χ3n) is 4.64. The fraction of sp³-hybridized carbons (Fsp3) is 0.250. The van der Waals surface area contributed by atoms with Crippen molar-refractivity contribution < 1.29 is 13.6 Å². The van der Waals surface area contributed by atoms with E-state index in [1.807, 2.05) is 0 Å². The first kappa shape index (κ1) is 17.9. The molecule has 0 amide bonds. The van der Waals surface area contributed by atoms with Gasteiger partial charge in [-0.2, -0.15) is 0 Å². The van der Waals surface area contributed by atoms with Crippen LogP contribution in [0.4, 0.5) is 8.78 Å². The van der Waals surface area contributed by atoms with E-state index in [9.17, 15) is 18.4 Å². The van der Waals surface area contributed by atoms with Crippen molar-refractivity contribution in [1.29, 1.82) is 0 Å². The fourth-order valence-corrected chi connectivity index (χ4v) is 4.50. The van der Waals surface area contributed by atoms with Crippen molar-refractivity contribution in [3.05, 3.63) is 64.5 Å². The van der Waals surface area contributed by atoms with Crippen molar-refractivity contribution in [3.63, 3.8) is 0 Å². The molecule has 1 aromatic heterocycles. The summed E-state index contributed by atoms with van der Waals surface area (Å²) >= 11 is 1.18. The minimum atomic E-state index is -0.856. The number of carbonyl (C=O) groups excluding carboxylic acids is 1. The Morgan fingerprint density at radius 3 is 2.67 bits per heavy atom. The first-order valence-electron chi connectivity index (χ1n) is 8.71. The third-order valence-corrected chi connectivity index (χ3v) is 5.91. The quantitative estimate of drug-likeness (QED) is 0.631. The van der Waals surface area contributed by atoms with Gasteiger partial charge in [0.1, 0.15) is 17.4 Å². The zero-order valence-electron chi connectivity index (χ0n) is 14.3. The second-order valence-corrected chi connectivity index (χ2v) is 7.64. The molecule has 2 aromatic carbocycles. The molecule has 4 rings (SSSR count). The van der Waals surface area contributed by atoms with Crippen LogP contribution >= 0.6 is 11.8 Å². The van der Waals surface area contributed by atoms with Crippen molar-refractivity contribution >= 4 is 28.4 Å². The molecule has 3 aromatic rings. The molecule has 1 aliphatic rings. The minimum absolute atomic E-state index is 0.0783. The lowest BCUT2D eigenvalue weighted by Gasteiger charge is -2.21.